The Morgan fingerprint density at radius 3 is 2.46 bits per heavy atom. The third-order valence-electron chi connectivity index (χ3n) is 4.28. The molecule has 2 aromatic rings. The average molecular weight is 396 g/mol. The summed E-state index contributed by atoms with van der Waals surface area (Å²) in [4.78, 5) is 13.8. The molecule has 0 spiro atoms. The Hall–Kier alpha value is -2.71. The Morgan fingerprint density at radius 2 is 1.86 bits per heavy atom. The van der Waals surface area contributed by atoms with Gasteiger partial charge in [-0.3, -0.25) is 0 Å². The molecule has 6 nitrogen and oxygen atoms in total. The van der Waals surface area contributed by atoms with Crippen molar-refractivity contribution >= 4 is 17.6 Å². The number of alkyl carbamates (subject to hydrolysis) is 1. The second kappa shape index (κ2) is 7.37. The zero-order valence-electron chi connectivity index (χ0n) is 16.0. The summed E-state index contributed by atoms with van der Waals surface area (Å²) in [6, 6.07) is 6.85. The van der Waals surface area contributed by atoms with E-state index in [4.69, 9.17) is 4.74 Å². The van der Waals surface area contributed by atoms with Crippen LogP contribution in [0.1, 0.15) is 26.3 Å². The third kappa shape index (κ3) is 4.76. The van der Waals surface area contributed by atoms with Crippen molar-refractivity contribution < 1.29 is 22.7 Å². The molecule has 2 heterocycles. The van der Waals surface area contributed by atoms with E-state index in [0.29, 0.717) is 25.3 Å². The molecule has 9 heteroatoms. The van der Waals surface area contributed by atoms with Crippen LogP contribution in [0.4, 0.5) is 29.5 Å². The molecule has 0 aliphatic carbocycles. The van der Waals surface area contributed by atoms with Crippen molar-refractivity contribution in [1.82, 2.24) is 15.1 Å². The van der Waals surface area contributed by atoms with Gasteiger partial charge in [-0.1, -0.05) is 0 Å². The van der Waals surface area contributed by atoms with Crippen molar-refractivity contribution in [2.24, 2.45) is 5.92 Å². The van der Waals surface area contributed by atoms with E-state index in [-0.39, 0.29) is 5.92 Å². The lowest BCUT2D eigenvalue weighted by molar-refractivity contribution is -0.137. The normalized spacial score (nSPS) is 17.2. The fourth-order valence-electron chi connectivity index (χ4n) is 3.09. The number of halogens is 3. The summed E-state index contributed by atoms with van der Waals surface area (Å²) in [5, 5.41) is 7.03. The maximum atomic E-state index is 12.8. The van der Waals surface area contributed by atoms with Crippen molar-refractivity contribution in [1.29, 1.82) is 0 Å². The highest BCUT2D eigenvalue weighted by molar-refractivity contribution is 5.67. The number of hydrogen-bond acceptors (Lipinski definition) is 4. The number of carbonyl (C=O) groups excluding carboxylic acids is 1. The highest BCUT2D eigenvalue weighted by Gasteiger charge is 2.31. The highest BCUT2D eigenvalue weighted by Crippen LogP contribution is 2.34. The zero-order chi connectivity index (χ0) is 20.5. The summed E-state index contributed by atoms with van der Waals surface area (Å²) in [5.74, 6) is 0.815. The van der Waals surface area contributed by atoms with Gasteiger partial charge in [-0.25, -0.2) is 9.48 Å². The van der Waals surface area contributed by atoms with Crippen molar-refractivity contribution in [3.05, 3.63) is 42.1 Å². The summed E-state index contributed by atoms with van der Waals surface area (Å²) in [6.45, 7) is 6.86. The Labute approximate surface area is 161 Å². The molecular formula is C19H23F3N4O2. The zero-order valence-corrected chi connectivity index (χ0v) is 16.0. The number of benzene rings is 1. The van der Waals surface area contributed by atoms with E-state index in [1.54, 1.807) is 31.6 Å². The van der Waals surface area contributed by atoms with Gasteiger partial charge in [0.05, 0.1) is 11.8 Å². The van der Waals surface area contributed by atoms with Crippen LogP contribution < -0.4 is 10.2 Å². The molecule has 0 saturated heterocycles. The monoisotopic (exact) mass is 396 g/mol. The van der Waals surface area contributed by atoms with Crippen LogP contribution in [0.25, 0.3) is 0 Å². The minimum absolute atomic E-state index is 0.0159. The molecule has 0 fully saturated rings. The first-order valence-corrected chi connectivity index (χ1v) is 8.96. The quantitative estimate of drug-likeness (QED) is 0.845. The number of rotatable bonds is 3. The van der Waals surface area contributed by atoms with Gasteiger partial charge in [0, 0.05) is 37.3 Å². The summed E-state index contributed by atoms with van der Waals surface area (Å²) < 4.78 is 45.5. The van der Waals surface area contributed by atoms with E-state index in [1.807, 2.05) is 11.0 Å². The standard InChI is InChI=1S/C19H23F3N4O2/c1-18(2,3)28-17(27)23-10-13-11-25(16-8-9-24-26(16)12-13)15-6-4-14(5-7-15)19(20,21)22/h4-9,13H,10-12H2,1-3H3,(H,23,27). The minimum Gasteiger partial charge on any atom is -0.444 e. The first-order valence-electron chi connectivity index (χ1n) is 8.96. The molecule has 1 aliphatic heterocycles. The van der Waals surface area contributed by atoms with Crippen molar-refractivity contribution in [3.63, 3.8) is 0 Å². The van der Waals surface area contributed by atoms with Gasteiger partial charge in [-0.15, -0.1) is 0 Å². The molecule has 1 amide bonds. The molecule has 3 rings (SSSR count). The maximum Gasteiger partial charge on any atom is 0.416 e. The van der Waals surface area contributed by atoms with Crippen LogP contribution in [0.3, 0.4) is 0 Å². The largest absolute Gasteiger partial charge is 0.444 e. The molecule has 1 aromatic carbocycles. The van der Waals surface area contributed by atoms with E-state index in [9.17, 15) is 18.0 Å². The van der Waals surface area contributed by atoms with Crippen LogP contribution >= 0.6 is 0 Å². The van der Waals surface area contributed by atoms with E-state index in [0.717, 1.165) is 18.0 Å². The van der Waals surface area contributed by atoms with Gasteiger partial charge >= 0.3 is 12.3 Å². The number of alkyl halides is 3. The van der Waals surface area contributed by atoms with Crippen molar-refractivity contribution in [3.8, 4) is 0 Å². The second-order valence-electron chi connectivity index (χ2n) is 7.78. The number of ether oxygens (including phenoxy) is 1. The SMILES string of the molecule is CC(C)(C)OC(=O)NCC1CN(c2ccc(C(F)(F)F)cc2)c2ccnn2C1. The minimum atomic E-state index is -4.37. The van der Waals surface area contributed by atoms with Gasteiger partial charge in [0.2, 0.25) is 0 Å². The van der Waals surface area contributed by atoms with E-state index < -0.39 is 23.4 Å². The Kier molecular flexibility index (Phi) is 5.27. The molecule has 0 radical (unpaired) electrons. The van der Waals surface area contributed by atoms with Crippen LogP contribution in [0.2, 0.25) is 0 Å². The predicted molar refractivity (Wildman–Crippen MR) is 98.4 cm³/mol. The van der Waals surface area contributed by atoms with Crippen molar-refractivity contribution in [2.45, 2.75) is 39.1 Å². The Balaban J connectivity index is 1.73. The molecule has 28 heavy (non-hydrogen) atoms. The summed E-state index contributed by atoms with van der Waals surface area (Å²) in [7, 11) is 0. The van der Waals surface area contributed by atoms with Gasteiger partial charge in [-0.05, 0) is 45.0 Å². The predicted octanol–water partition coefficient (Wildman–Crippen LogP) is 4.19. The van der Waals surface area contributed by atoms with E-state index in [1.165, 1.54) is 12.1 Å². The number of carbonyl (C=O) groups is 1. The molecule has 1 unspecified atom stereocenters. The number of hydrogen-bond donors (Lipinski definition) is 1. The van der Waals surface area contributed by atoms with Crippen LogP contribution in [0.15, 0.2) is 36.5 Å². The average Bonchev–Trinajstić information content (AvgIpc) is 3.05. The molecule has 0 bridgehead atoms. The van der Waals surface area contributed by atoms with Gasteiger partial charge in [0.15, 0.2) is 0 Å². The lowest BCUT2D eigenvalue weighted by atomic mass is 10.1. The van der Waals surface area contributed by atoms with Gasteiger partial charge in [0.1, 0.15) is 11.4 Å². The fourth-order valence-corrected chi connectivity index (χ4v) is 3.09. The summed E-state index contributed by atoms with van der Waals surface area (Å²) >= 11 is 0. The van der Waals surface area contributed by atoms with E-state index >= 15 is 0 Å². The van der Waals surface area contributed by atoms with Gasteiger partial charge in [0.25, 0.3) is 0 Å². The smallest absolute Gasteiger partial charge is 0.416 e. The lowest BCUT2D eigenvalue weighted by Crippen LogP contribution is -2.42. The second-order valence-corrected chi connectivity index (χ2v) is 7.78. The molecule has 0 saturated carbocycles. The third-order valence-corrected chi connectivity index (χ3v) is 4.28. The summed E-state index contributed by atoms with van der Waals surface area (Å²) in [5.41, 5.74) is -0.639. The van der Waals surface area contributed by atoms with Gasteiger partial charge in [-0.2, -0.15) is 18.3 Å². The number of anilines is 2. The van der Waals surface area contributed by atoms with E-state index in [2.05, 4.69) is 10.4 Å². The molecule has 1 atom stereocenters. The highest BCUT2D eigenvalue weighted by atomic mass is 19.4. The molecule has 1 N–H and O–H groups in total. The summed E-state index contributed by atoms with van der Waals surface area (Å²) in [6.07, 6.45) is -3.22. The number of nitrogens with zero attached hydrogens (tertiary/aromatic N) is 3. The Morgan fingerprint density at radius 1 is 1.18 bits per heavy atom. The molecule has 1 aliphatic rings. The Bertz CT molecular complexity index is 825. The van der Waals surface area contributed by atoms with Gasteiger partial charge < -0.3 is 15.0 Å². The first kappa shape index (κ1) is 20.0. The topological polar surface area (TPSA) is 59.4 Å². The first-order chi connectivity index (χ1) is 13.0. The number of amides is 1. The van der Waals surface area contributed by atoms with Crippen LogP contribution in [-0.4, -0.2) is 34.6 Å². The van der Waals surface area contributed by atoms with Crippen LogP contribution in [0.5, 0.6) is 0 Å². The number of nitrogens with one attached hydrogen (secondary N) is 1. The number of aromatic nitrogens is 2. The van der Waals surface area contributed by atoms with Crippen LogP contribution in [-0.2, 0) is 17.5 Å². The lowest BCUT2D eigenvalue weighted by Gasteiger charge is -2.35. The molecular weight excluding hydrogens is 373 g/mol. The van der Waals surface area contributed by atoms with Crippen molar-refractivity contribution in [2.75, 3.05) is 18.0 Å². The fraction of sp³-hybridized carbons (Fsp3) is 0.474. The maximum absolute atomic E-state index is 12.8. The molecule has 152 valence electrons. The molecule has 1 aromatic heterocycles. The number of fused-ring (bicyclic) bond motifs is 1. The van der Waals surface area contributed by atoms with Crippen LogP contribution in [0, 0.1) is 5.92 Å².